The van der Waals surface area contributed by atoms with Crippen molar-refractivity contribution in [3.63, 3.8) is 0 Å². The smallest absolute Gasteiger partial charge is 0.199 e. The quantitative estimate of drug-likeness (QED) is 0.618. The molecule has 1 aliphatic carbocycles. The molecule has 3 N–H and O–H groups in total. The van der Waals surface area contributed by atoms with E-state index < -0.39 is 0 Å². The van der Waals surface area contributed by atoms with Crippen molar-refractivity contribution in [2.24, 2.45) is 0 Å². The molecule has 0 atom stereocenters. The lowest BCUT2D eigenvalue weighted by Crippen LogP contribution is -1.95. The number of nitrogens with one attached hydrogen (secondary N) is 1. The van der Waals surface area contributed by atoms with Crippen LogP contribution in [0.1, 0.15) is 30.9 Å². The molecular weight excluding hydrogens is 166 g/mol. The van der Waals surface area contributed by atoms with Crippen LogP contribution in [0.25, 0.3) is 5.57 Å². The van der Waals surface area contributed by atoms with Gasteiger partial charge in [-0.1, -0.05) is 13.0 Å². The summed E-state index contributed by atoms with van der Waals surface area (Å²) in [6.07, 6.45) is 4.76. The molecule has 0 fully saturated rings. The lowest BCUT2D eigenvalue weighted by molar-refractivity contribution is 0.423. The Balaban J connectivity index is 2.58. The highest BCUT2D eigenvalue weighted by atomic mass is 16.3. The minimum atomic E-state index is 0.0975. The van der Waals surface area contributed by atoms with Gasteiger partial charge >= 0.3 is 0 Å². The summed E-state index contributed by atoms with van der Waals surface area (Å²) in [5.41, 5.74) is 2.79. The van der Waals surface area contributed by atoms with Crippen molar-refractivity contribution in [1.82, 2.24) is 4.98 Å². The summed E-state index contributed by atoms with van der Waals surface area (Å²) >= 11 is 0. The molecule has 0 radical (unpaired) electrons. The first-order chi connectivity index (χ1) is 6.24. The van der Waals surface area contributed by atoms with Crippen molar-refractivity contribution in [1.29, 1.82) is 0 Å². The third-order valence-electron chi connectivity index (χ3n) is 2.55. The molecule has 0 aromatic carbocycles. The summed E-state index contributed by atoms with van der Waals surface area (Å²) in [7, 11) is 0. The Morgan fingerprint density at radius 3 is 2.85 bits per heavy atom. The van der Waals surface area contributed by atoms with Crippen molar-refractivity contribution in [2.45, 2.75) is 26.2 Å². The maximum Gasteiger partial charge on any atom is 0.199 e. The van der Waals surface area contributed by atoms with E-state index in [4.69, 9.17) is 0 Å². The summed E-state index contributed by atoms with van der Waals surface area (Å²) in [5, 5.41) is 19.0. The molecule has 1 aliphatic rings. The van der Waals surface area contributed by atoms with Gasteiger partial charge in [-0.3, -0.25) is 4.98 Å². The number of hydrogen-bond donors (Lipinski definition) is 3. The second-order valence-electron chi connectivity index (χ2n) is 3.30. The highest BCUT2D eigenvalue weighted by molar-refractivity contribution is 5.75. The monoisotopic (exact) mass is 179 g/mol. The SMILES string of the molecule is CCC1=CCCc2c(O)[nH]c(O)c21. The highest BCUT2D eigenvalue weighted by Gasteiger charge is 2.21. The van der Waals surface area contributed by atoms with E-state index >= 15 is 0 Å². The molecule has 3 nitrogen and oxygen atoms in total. The second kappa shape index (κ2) is 2.83. The summed E-state index contributed by atoms with van der Waals surface area (Å²) < 4.78 is 0. The Morgan fingerprint density at radius 1 is 1.38 bits per heavy atom. The molecule has 0 amide bonds. The molecule has 13 heavy (non-hydrogen) atoms. The number of aromatic nitrogens is 1. The van der Waals surface area contributed by atoms with Crippen molar-refractivity contribution in [3.05, 3.63) is 17.2 Å². The maximum absolute atomic E-state index is 9.52. The van der Waals surface area contributed by atoms with Crippen LogP contribution in [-0.2, 0) is 6.42 Å². The van der Waals surface area contributed by atoms with E-state index in [2.05, 4.69) is 11.1 Å². The van der Waals surface area contributed by atoms with E-state index in [-0.39, 0.29) is 11.8 Å². The van der Waals surface area contributed by atoms with Gasteiger partial charge in [0.05, 0.1) is 0 Å². The van der Waals surface area contributed by atoms with Crippen molar-refractivity contribution >= 4 is 5.57 Å². The molecule has 1 aromatic heterocycles. The van der Waals surface area contributed by atoms with Gasteiger partial charge in [0.25, 0.3) is 0 Å². The number of hydrogen-bond acceptors (Lipinski definition) is 2. The normalized spacial score (nSPS) is 15.3. The predicted octanol–water partition coefficient (Wildman–Crippen LogP) is 2.17. The average molecular weight is 179 g/mol. The predicted molar refractivity (Wildman–Crippen MR) is 50.7 cm³/mol. The zero-order valence-electron chi connectivity index (χ0n) is 7.59. The molecule has 0 spiro atoms. The third kappa shape index (κ3) is 1.11. The van der Waals surface area contributed by atoms with Crippen molar-refractivity contribution in [2.75, 3.05) is 0 Å². The van der Waals surface area contributed by atoms with Gasteiger partial charge in [-0.15, -0.1) is 0 Å². The minimum Gasteiger partial charge on any atom is -0.494 e. The second-order valence-corrected chi connectivity index (χ2v) is 3.30. The van der Waals surface area contributed by atoms with Gasteiger partial charge in [-0.2, -0.15) is 0 Å². The summed E-state index contributed by atoms with van der Waals surface area (Å²) in [5.74, 6) is 0.215. The molecule has 3 heteroatoms. The van der Waals surface area contributed by atoms with Crippen molar-refractivity contribution in [3.8, 4) is 11.8 Å². The van der Waals surface area contributed by atoms with Crippen LogP contribution in [0, 0.1) is 0 Å². The largest absolute Gasteiger partial charge is 0.494 e. The molecule has 70 valence electrons. The van der Waals surface area contributed by atoms with Crippen LogP contribution in [-0.4, -0.2) is 15.2 Å². The van der Waals surface area contributed by atoms with E-state index in [1.165, 1.54) is 0 Å². The fourth-order valence-corrected chi connectivity index (χ4v) is 1.91. The summed E-state index contributed by atoms with van der Waals surface area (Å²) in [6.45, 7) is 2.05. The zero-order valence-corrected chi connectivity index (χ0v) is 7.59. The fourth-order valence-electron chi connectivity index (χ4n) is 1.91. The number of aromatic hydroxyl groups is 2. The lowest BCUT2D eigenvalue weighted by Gasteiger charge is -2.12. The fraction of sp³-hybridized carbons (Fsp3) is 0.400. The Kier molecular flexibility index (Phi) is 1.79. The van der Waals surface area contributed by atoms with E-state index in [1.807, 2.05) is 6.92 Å². The molecule has 0 saturated carbocycles. The average Bonchev–Trinajstić information content (AvgIpc) is 2.43. The molecule has 1 aromatic rings. The van der Waals surface area contributed by atoms with Gasteiger partial charge in [-0.05, 0) is 24.8 Å². The Bertz CT molecular complexity index is 363. The van der Waals surface area contributed by atoms with Gasteiger partial charge in [0, 0.05) is 11.1 Å². The van der Waals surface area contributed by atoms with E-state index in [0.29, 0.717) is 0 Å². The van der Waals surface area contributed by atoms with Crippen LogP contribution in [0.4, 0.5) is 0 Å². The number of allylic oxidation sites excluding steroid dienone is 2. The first-order valence-corrected chi connectivity index (χ1v) is 4.56. The Hall–Kier alpha value is -1.38. The third-order valence-corrected chi connectivity index (χ3v) is 2.55. The Morgan fingerprint density at radius 2 is 2.15 bits per heavy atom. The standard InChI is InChI=1S/C10H13NO2/c1-2-6-4-3-5-7-8(6)10(13)11-9(7)12/h4,11-13H,2-3,5H2,1H3. The van der Waals surface area contributed by atoms with Crippen LogP contribution in [0.5, 0.6) is 11.8 Å². The lowest BCUT2D eigenvalue weighted by atomic mass is 9.92. The molecule has 2 rings (SSSR count). The van der Waals surface area contributed by atoms with E-state index in [1.54, 1.807) is 0 Å². The van der Waals surface area contributed by atoms with Gasteiger partial charge in [0.1, 0.15) is 0 Å². The van der Waals surface area contributed by atoms with Crippen LogP contribution in [0.2, 0.25) is 0 Å². The number of rotatable bonds is 1. The molecule has 0 unspecified atom stereocenters. The highest BCUT2D eigenvalue weighted by Crippen LogP contribution is 2.39. The zero-order chi connectivity index (χ0) is 9.42. The molecule has 0 saturated heterocycles. The van der Waals surface area contributed by atoms with Crippen LogP contribution >= 0.6 is 0 Å². The molecular formula is C10H13NO2. The topological polar surface area (TPSA) is 56.2 Å². The van der Waals surface area contributed by atoms with E-state index in [9.17, 15) is 10.2 Å². The molecule has 0 aliphatic heterocycles. The maximum atomic E-state index is 9.52. The summed E-state index contributed by atoms with van der Waals surface area (Å²) in [6, 6.07) is 0. The van der Waals surface area contributed by atoms with Gasteiger partial charge in [0.15, 0.2) is 11.8 Å². The number of aromatic amines is 1. The van der Waals surface area contributed by atoms with Gasteiger partial charge in [0.2, 0.25) is 0 Å². The molecule has 0 bridgehead atoms. The van der Waals surface area contributed by atoms with Crippen LogP contribution < -0.4 is 0 Å². The Labute approximate surface area is 76.7 Å². The summed E-state index contributed by atoms with van der Waals surface area (Å²) in [4.78, 5) is 2.55. The van der Waals surface area contributed by atoms with Gasteiger partial charge in [-0.25, -0.2) is 0 Å². The number of H-pyrrole nitrogens is 1. The first kappa shape index (κ1) is 8.23. The van der Waals surface area contributed by atoms with E-state index in [0.717, 1.165) is 36.0 Å². The van der Waals surface area contributed by atoms with Gasteiger partial charge < -0.3 is 10.2 Å². The molecule has 1 heterocycles. The van der Waals surface area contributed by atoms with Crippen molar-refractivity contribution < 1.29 is 10.2 Å². The first-order valence-electron chi connectivity index (χ1n) is 4.56. The number of fused-ring (bicyclic) bond motifs is 1. The minimum absolute atomic E-state index is 0.0975. The van der Waals surface area contributed by atoms with Crippen LogP contribution in [0.15, 0.2) is 6.08 Å². The van der Waals surface area contributed by atoms with Crippen LogP contribution in [0.3, 0.4) is 0 Å².